The molecule has 4 heteroatoms. The maximum absolute atomic E-state index is 5.31. The number of thiazole rings is 1. The van der Waals surface area contributed by atoms with Crippen LogP contribution >= 0.6 is 11.3 Å². The Morgan fingerprint density at radius 1 is 1.60 bits per heavy atom. The molecule has 0 aromatic carbocycles. The van der Waals surface area contributed by atoms with Crippen LogP contribution in [0.4, 0.5) is 0 Å². The van der Waals surface area contributed by atoms with Crippen molar-refractivity contribution in [1.29, 1.82) is 0 Å². The van der Waals surface area contributed by atoms with Gasteiger partial charge in [0.15, 0.2) is 0 Å². The van der Waals surface area contributed by atoms with E-state index in [2.05, 4.69) is 10.3 Å². The van der Waals surface area contributed by atoms with Crippen LogP contribution in [-0.4, -0.2) is 12.0 Å². The van der Waals surface area contributed by atoms with Crippen LogP contribution in [0.2, 0.25) is 0 Å². The molecule has 2 aromatic rings. The number of likely N-dealkylation sites (N-methyl/N-ethyl adjacent to an activating group) is 1. The van der Waals surface area contributed by atoms with Crippen LogP contribution in [0.1, 0.15) is 22.4 Å². The third-order valence-corrected chi connectivity index (χ3v) is 3.29. The van der Waals surface area contributed by atoms with Crippen molar-refractivity contribution in [2.75, 3.05) is 7.05 Å². The zero-order valence-electron chi connectivity index (χ0n) is 8.86. The number of nitrogens with one attached hydrogen (secondary N) is 1. The summed E-state index contributed by atoms with van der Waals surface area (Å²) in [6, 6.07) is 2.30. The SMILES string of the molecule is CNC(Cc1nccs1)c1ccoc1C. The average Bonchev–Trinajstić information content (AvgIpc) is 2.85. The molecule has 2 aromatic heterocycles. The van der Waals surface area contributed by atoms with Crippen LogP contribution in [0.25, 0.3) is 0 Å². The first-order valence-electron chi connectivity index (χ1n) is 4.91. The molecule has 2 heterocycles. The summed E-state index contributed by atoms with van der Waals surface area (Å²) in [5.74, 6) is 0.978. The van der Waals surface area contributed by atoms with E-state index in [0.29, 0.717) is 0 Å². The van der Waals surface area contributed by atoms with Gasteiger partial charge in [0, 0.05) is 29.6 Å². The molecule has 0 bridgehead atoms. The van der Waals surface area contributed by atoms with Crippen LogP contribution in [0, 0.1) is 6.92 Å². The number of hydrogen-bond acceptors (Lipinski definition) is 4. The number of aromatic nitrogens is 1. The fraction of sp³-hybridized carbons (Fsp3) is 0.364. The Kier molecular flexibility index (Phi) is 3.18. The maximum Gasteiger partial charge on any atom is 0.105 e. The Morgan fingerprint density at radius 2 is 2.47 bits per heavy atom. The van der Waals surface area contributed by atoms with E-state index >= 15 is 0 Å². The second-order valence-corrected chi connectivity index (χ2v) is 4.38. The summed E-state index contributed by atoms with van der Waals surface area (Å²) in [4.78, 5) is 4.29. The molecule has 0 fully saturated rings. The van der Waals surface area contributed by atoms with Crippen LogP contribution in [0.5, 0.6) is 0 Å². The Morgan fingerprint density at radius 3 is 3.00 bits per heavy atom. The monoisotopic (exact) mass is 222 g/mol. The van der Waals surface area contributed by atoms with Gasteiger partial charge in [-0.1, -0.05) is 0 Å². The number of aryl methyl sites for hydroxylation is 1. The second-order valence-electron chi connectivity index (χ2n) is 3.40. The van der Waals surface area contributed by atoms with Gasteiger partial charge in [-0.25, -0.2) is 4.98 Å². The molecule has 1 unspecified atom stereocenters. The lowest BCUT2D eigenvalue weighted by atomic mass is 10.1. The third kappa shape index (κ3) is 2.27. The number of hydrogen-bond donors (Lipinski definition) is 1. The van der Waals surface area contributed by atoms with Crippen molar-refractivity contribution in [3.63, 3.8) is 0 Å². The summed E-state index contributed by atoms with van der Waals surface area (Å²) in [6.45, 7) is 1.99. The molecule has 0 radical (unpaired) electrons. The zero-order chi connectivity index (χ0) is 10.7. The highest BCUT2D eigenvalue weighted by Crippen LogP contribution is 2.22. The summed E-state index contributed by atoms with van der Waals surface area (Å²) in [7, 11) is 1.96. The predicted molar refractivity (Wildman–Crippen MR) is 61.1 cm³/mol. The van der Waals surface area contributed by atoms with Crippen LogP contribution in [0.15, 0.2) is 28.3 Å². The Balaban J connectivity index is 2.15. The second kappa shape index (κ2) is 4.59. The molecule has 0 aliphatic rings. The van der Waals surface area contributed by atoms with Gasteiger partial charge in [0.25, 0.3) is 0 Å². The minimum absolute atomic E-state index is 0.287. The standard InChI is InChI=1S/C11H14N2OS/c1-8-9(3-5-14-8)10(12-2)7-11-13-4-6-15-11/h3-6,10,12H,7H2,1-2H3. The summed E-state index contributed by atoms with van der Waals surface area (Å²) in [6.07, 6.45) is 4.49. The van der Waals surface area contributed by atoms with Gasteiger partial charge >= 0.3 is 0 Å². The van der Waals surface area contributed by atoms with Crippen LogP contribution in [-0.2, 0) is 6.42 Å². The molecule has 0 aliphatic carbocycles. The molecule has 0 spiro atoms. The minimum Gasteiger partial charge on any atom is -0.469 e. The number of rotatable bonds is 4. The molecule has 80 valence electrons. The topological polar surface area (TPSA) is 38.1 Å². The van der Waals surface area contributed by atoms with Crippen LogP contribution in [0.3, 0.4) is 0 Å². The van der Waals surface area contributed by atoms with Gasteiger partial charge in [-0.15, -0.1) is 11.3 Å². The van der Waals surface area contributed by atoms with Gasteiger partial charge in [-0.3, -0.25) is 0 Å². The molecule has 0 saturated heterocycles. The van der Waals surface area contributed by atoms with Gasteiger partial charge in [0.1, 0.15) is 5.76 Å². The Bertz CT molecular complexity index is 408. The molecule has 0 amide bonds. The van der Waals surface area contributed by atoms with Crippen molar-refractivity contribution < 1.29 is 4.42 Å². The zero-order valence-corrected chi connectivity index (χ0v) is 9.67. The first kappa shape index (κ1) is 10.4. The average molecular weight is 222 g/mol. The summed E-state index contributed by atoms with van der Waals surface area (Å²) >= 11 is 1.69. The quantitative estimate of drug-likeness (QED) is 0.864. The molecule has 1 N–H and O–H groups in total. The lowest BCUT2D eigenvalue weighted by Gasteiger charge is -2.13. The number of nitrogens with zero attached hydrogens (tertiary/aromatic N) is 1. The van der Waals surface area contributed by atoms with E-state index in [1.165, 1.54) is 5.56 Å². The largest absolute Gasteiger partial charge is 0.469 e. The Hall–Kier alpha value is -1.13. The normalized spacial score (nSPS) is 12.9. The molecule has 0 saturated carbocycles. The fourth-order valence-electron chi connectivity index (χ4n) is 1.65. The lowest BCUT2D eigenvalue weighted by Crippen LogP contribution is -2.18. The van der Waals surface area contributed by atoms with E-state index in [1.807, 2.05) is 31.6 Å². The first-order chi connectivity index (χ1) is 7.31. The van der Waals surface area contributed by atoms with Gasteiger partial charge in [-0.2, -0.15) is 0 Å². The van der Waals surface area contributed by atoms with Gasteiger partial charge in [0.2, 0.25) is 0 Å². The van der Waals surface area contributed by atoms with Crippen molar-refractivity contribution in [3.05, 3.63) is 40.2 Å². The van der Waals surface area contributed by atoms with E-state index < -0.39 is 0 Å². The van der Waals surface area contributed by atoms with Gasteiger partial charge < -0.3 is 9.73 Å². The molecule has 2 rings (SSSR count). The molecule has 3 nitrogen and oxygen atoms in total. The van der Waals surface area contributed by atoms with Gasteiger partial charge in [0.05, 0.1) is 11.3 Å². The maximum atomic E-state index is 5.31. The lowest BCUT2D eigenvalue weighted by molar-refractivity contribution is 0.512. The summed E-state index contributed by atoms with van der Waals surface area (Å²) < 4.78 is 5.31. The summed E-state index contributed by atoms with van der Waals surface area (Å²) in [5.41, 5.74) is 1.22. The van der Waals surface area contributed by atoms with Crippen molar-refractivity contribution in [2.45, 2.75) is 19.4 Å². The highest BCUT2D eigenvalue weighted by Gasteiger charge is 2.15. The number of furan rings is 1. The predicted octanol–water partition coefficient (Wildman–Crippen LogP) is 2.55. The highest BCUT2D eigenvalue weighted by molar-refractivity contribution is 7.09. The molecule has 15 heavy (non-hydrogen) atoms. The van der Waals surface area contributed by atoms with Gasteiger partial charge in [-0.05, 0) is 20.0 Å². The van der Waals surface area contributed by atoms with Crippen molar-refractivity contribution in [1.82, 2.24) is 10.3 Å². The Labute approximate surface area is 93.2 Å². The molecule has 1 atom stereocenters. The van der Waals surface area contributed by atoms with E-state index in [4.69, 9.17) is 4.42 Å². The summed E-state index contributed by atoms with van der Waals surface area (Å²) in [5, 5.41) is 6.44. The van der Waals surface area contributed by atoms with Crippen molar-refractivity contribution >= 4 is 11.3 Å². The van der Waals surface area contributed by atoms with E-state index in [9.17, 15) is 0 Å². The van der Waals surface area contributed by atoms with Crippen molar-refractivity contribution in [2.24, 2.45) is 0 Å². The smallest absolute Gasteiger partial charge is 0.105 e. The third-order valence-electron chi connectivity index (χ3n) is 2.49. The highest BCUT2D eigenvalue weighted by atomic mass is 32.1. The van der Waals surface area contributed by atoms with Crippen molar-refractivity contribution in [3.8, 4) is 0 Å². The molecular formula is C11H14N2OS. The molecular weight excluding hydrogens is 208 g/mol. The fourth-order valence-corrected chi connectivity index (χ4v) is 2.32. The first-order valence-corrected chi connectivity index (χ1v) is 5.79. The van der Waals surface area contributed by atoms with Crippen LogP contribution < -0.4 is 5.32 Å². The minimum atomic E-state index is 0.287. The van der Waals surface area contributed by atoms with E-state index in [1.54, 1.807) is 17.6 Å². The van der Waals surface area contributed by atoms with E-state index in [0.717, 1.165) is 17.2 Å². The van der Waals surface area contributed by atoms with E-state index in [-0.39, 0.29) is 6.04 Å². The molecule has 0 aliphatic heterocycles.